The second-order valence-corrected chi connectivity index (χ2v) is 5.32. The van der Waals surface area contributed by atoms with Crippen molar-refractivity contribution in [2.45, 2.75) is 6.18 Å². The molecule has 0 aliphatic rings. The number of ether oxygens (including phenoxy) is 1. The van der Waals surface area contributed by atoms with Crippen LogP contribution in [0.2, 0.25) is 10.0 Å². The minimum atomic E-state index is -4.65. The van der Waals surface area contributed by atoms with Crippen LogP contribution in [0.5, 0.6) is 0 Å². The number of esters is 1. The van der Waals surface area contributed by atoms with Crippen LogP contribution < -0.4 is 0 Å². The highest BCUT2D eigenvalue weighted by atomic mass is 35.5. The van der Waals surface area contributed by atoms with Gasteiger partial charge in [-0.1, -0.05) is 23.2 Å². The molecule has 0 saturated carbocycles. The summed E-state index contributed by atoms with van der Waals surface area (Å²) < 4.78 is 43.0. The molecule has 9 heteroatoms. The molecule has 0 N–H and O–H groups in total. The summed E-state index contributed by atoms with van der Waals surface area (Å²) in [6.45, 7) is 0. The Balaban J connectivity index is 2.70. The molecule has 0 spiro atoms. The molecule has 1 aromatic heterocycles. The van der Waals surface area contributed by atoms with Gasteiger partial charge in [0.2, 0.25) is 0 Å². The highest BCUT2D eigenvalue weighted by Crippen LogP contribution is 2.38. The van der Waals surface area contributed by atoms with Crippen LogP contribution in [0.1, 0.15) is 21.6 Å². The fraction of sp³-hybridized carbons (Fsp3) is 0.133. The van der Waals surface area contributed by atoms with Gasteiger partial charge >= 0.3 is 12.1 Å². The van der Waals surface area contributed by atoms with E-state index in [2.05, 4.69) is 9.72 Å². The van der Waals surface area contributed by atoms with Crippen molar-refractivity contribution < 1.29 is 22.7 Å². The Bertz CT molecular complexity index is 861. The number of halogens is 5. The third kappa shape index (κ3) is 3.45. The SMILES string of the molecule is COC(=O)c1nc(-c2c(Cl)cc(C(F)(F)F)cc2C#N)ccc1Cl. The molecule has 0 amide bonds. The van der Waals surface area contributed by atoms with Crippen LogP contribution in [0.15, 0.2) is 24.3 Å². The number of carbonyl (C=O) groups excluding carboxylic acids is 1. The lowest BCUT2D eigenvalue weighted by Gasteiger charge is -2.12. The predicted molar refractivity (Wildman–Crippen MR) is 80.7 cm³/mol. The van der Waals surface area contributed by atoms with Gasteiger partial charge in [0.15, 0.2) is 5.69 Å². The molecule has 0 atom stereocenters. The van der Waals surface area contributed by atoms with Gasteiger partial charge in [0.25, 0.3) is 0 Å². The molecule has 1 heterocycles. The maximum atomic E-state index is 12.8. The Morgan fingerprint density at radius 3 is 2.46 bits per heavy atom. The minimum Gasteiger partial charge on any atom is -0.464 e. The Hall–Kier alpha value is -2.30. The highest BCUT2D eigenvalue weighted by Gasteiger charge is 2.32. The topological polar surface area (TPSA) is 63.0 Å². The zero-order valence-electron chi connectivity index (χ0n) is 11.9. The van der Waals surface area contributed by atoms with Gasteiger partial charge in [-0.3, -0.25) is 0 Å². The molecule has 24 heavy (non-hydrogen) atoms. The number of aromatic nitrogens is 1. The number of pyridine rings is 1. The average Bonchev–Trinajstić information content (AvgIpc) is 2.53. The first-order valence-corrected chi connectivity index (χ1v) is 7.00. The lowest BCUT2D eigenvalue weighted by molar-refractivity contribution is -0.137. The van der Waals surface area contributed by atoms with Crippen molar-refractivity contribution >= 4 is 29.2 Å². The Morgan fingerprint density at radius 2 is 1.92 bits per heavy atom. The van der Waals surface area contributed by atoms with Gasteiger partial charge in [0.1, 0.15) is 0 Å². The fourth-order valence-corrected chi connectivity index (χ4v) is 2.44. The summed E-state index contributed by atoms with van der Waals surface area (Å²) in [7, 11) is 1.12. The number of alkyl halides is 3. The van der Waals surface area contributed by atoms with Crippen LogP contribution in [0, 0.1) is 11.3 Å². The molecule has 0 saturated heterocycles. The molecule has 0 aliphatic heterocycles. The Kier molecular flexibility index (Phi) is 5.02. The number of methoxy groups -OCH3 is 1. The first kappa shape index (κ1) is 18.0. The standard InChI is InChI=1S/C15H7Cl2F3N2O2/c1-24-14(23)13-9(16)2-3-11(22-13)12-7(6-21)4-8(5-10(12)17)15(18,19)20/h2-5H,1H3. The average molecular weight is 375 g/mol. The number of hydrogen-bond donors (Lipinski definition) is 0. The first-order chi connectivity index (χ1) is 11.2. The summed E-state index contributed by atoms with van der Waals surface area (Å²) in [4.78, 5) is 15.6. The molecule has 1 aromatic carbocycles. The molecule has 2 aromatic rings. The smallest absolute Gasteiger partial charge is 0.416 e. The third-order valence-electron chi connectivity index (χ3n) is 3.02. The van der Waals surface area contributed by atoms with E-state index in [0.29, 0.717) is 12.1 Å². The third-order valence-corrected chi connectivity index (χ3v) is 3.62. The van der Waals surface area contributed by atoms with E-state index in [4.69, 9.17) is 28.5 Å². The lowest BCUT2D eigenvalue weighted by Crippen LogP contribution is -2.08. The number of rotatable bonds is 2. The summed E-state index contributed by atoms with van der Waals surface area (Å²) in [5.74, 6) is -0.830. The molecule has 124 valence electrons. The molecule has 0 radical (unpaired) electrons. The van der Waals surface area contributed by atoms with Gasteiger partial charge in [-0.15, -0.1) is 0 Å². The zero-order chi connectivity index (χ0) is 18.1. The number of benzene rings is 1. The summed E-state index contributed by atoms with van der Waals surface area (Å²) >= 11 is 11.8. The lowest BCUT2D eigenvalue weighted by atomic mass is 10.0. The molecule has 2 rings (SSSR count). The Labute approximate surface area is 144 Å². The number of nitriles is 1. The largest absolute Gasteiger partial charge is 0.464 e. The molecular weight excluding hydrogens is 368 g/mol. The van der Waals surface area contributed by atoms with E-state index in [0.717, 1.165) is 7.11 Å². The summed E-state index contributed by atoms with van der Waals surface area (Å²) in [6, 6.07) is 5.65. The maximum absolute atomic E-state index is 12.8. The van der Waals surface area contributed by atoms with Crippen LogP contribution in [-0.2, 0) is 10.9 Å². The van der Waals surface area contributed by atoms with Crippen LogP contribution in [-0.4, -0.2) is 18.1 Å². The second-order valence-electron chi connectivity index (χ2n) is 4.51. The summed E-state index contributed by atoms with van der Waals surface area (Å²) in [6.07, 6.45) is -4.65. The molecular formula is C15H7Cl2F3N2O2. The normalized spacial score (nSPS) is 11.0. The maximum Gasteiger partial charge on any atom is 0.416 e. The number of carbonyl (C=O) groups is 1. The van der Waals surface area contributed by atoms with Crippen molar-refractivity contribution in [3.8, 4) is 17.3 Å². The highest BCUT2D eigenvalue weighted by molar-refractivity contribution is 6.34. The van der Waals surface area contributed by atoms with E-state index < -0.39 is 17.7 Å². The second kappa shape index (κ2) is 6.67. The number of nitrogens with zero attached hydrogens (tertiary/aromatic N) is 2. The van der Waals surface area contributed by atoms with Gasteiger partial charge in [-0.2, -0.15) is 18.4 Å². The van der Waals surface area contributed by atoms with Crippen LogP contribution in [0.3, 0.4) is 0 Å². The van der Waals surface area contributed by atoms with E-state index in [1.165, 1.54) is 12.1 Å². The number of hydrogen-bond acceptors (Lipinski definition) is 4. The molecule has 0 unspecified atom stereocenters. The van der Waals surface area contributed by atoms with Crippen LogP contribution in [0.25, 0.3) is 11.3 Å². The summed E-state index contributed by atoms with van der Waals surface area (Å²) in [5, 5.41) is 8.82. The van der Waals surface area contributed by atoms with Crippen molar-refractivity contribution in [3.63, 3.8) is 0 Å². The van der Waals surface area contributed by atoms with Gasteiger partial charge in [-0.05, 0) is 24.3 Å². The van der Waals surface area contributed by atoms with Crippen molar-refractivity contribution in [1.82, 2.24) is 4.98 Å². The van der Waals surface area contributed by atoms with Gasteiger partial charge < -0.3 is 4.74 Å². The Morgan fingerprint density at radius 1 is 1.25 bits per heavy atom. The minimum absolute atomic E-state index is 0.00728. The van der Waals surface area contributed by atoms with E-state index in [1.54, 1.807) is 6.07 Å². The van der Waals surface area contributed by atoms with E-state index >= 15 is 0 Å². The van der Waals surface area contributed by atoms with E-state index in [1.807, 2.05) is 0 Å². The molecule has 0 aliphatic carbocycles. The monoisotopic (exact) mass is 374 g/mol. The molecule has 0 fully saturated rings. The molecule has 0 bridgehead atoms. The van der Waals surface area contributed by atoms with Crippen molar-refractivity contribution in [2.24, 2.45) is 0 Å². The predicted octanol–water partition coefficient (Wildman–Crippen LogP) is 4.73. The van der Waals surface area contributed by atoms with Gasteiger partial charge in [-0.25, -0.2) is 9.78 Å². The van der Waals surface area contributed by atoms with Crippen molar-refractivity contribution in [3.05, 3.63) is 51.1 Å². The van der Waals surface area contributed by atoms with Gasteiger partial charge in [0, 0.05) is 5.56 Å². The first-order valence-electron chi connectivity index (χ1n) is 6.25. The van der Waals surface area contributed by atoms with Crippen LogP contribution in [0.4, 0.5) is 13.2 Å². The molecule has 4 nitrogen and oxygen atoms in total. The quantitative estimate of drug-likeness (QED) is 0.712. The summed E-state index contributed by atoms with van der Waals surface area (Å²) in [5.41, 5.74) is -1.64. The fourth-order valence-electron chi connectivity index (χ4n) is 1.94. The van der Waals surface area contributed by atoms with Crippen molar-refractivity contribution in [1.29, 1.82) is 5.26 Å². The van der Waals surface area contributed by atoms with Crippen molar-refractivity contribution in [2.75, 3.05) is 7.11 Å². The van der Waals surface area contributed by atoms with E-state index in [9.17, 15) is 18.0 Å². The van der Waals surface area contributed by atoms with Crippen LogP contribution >= 0.6 is 23.2 Å². The zero-order valence-corrected chi connectivity index (χ0v) is 13.4. The van der Waals surface area contributed by atoms with Gasteiger partial charge in [0.05, 0.1) is 40.0 Å². The van der Waals surface area contributed by atoms with E-state index in [-0.39, 0.29) is 32.6 Å².